The smallest absolute Gasteiger partial charge is 0.264 e. The molecule has 2 aliphatic heterocycles. The van der Waals surface area contributed by atoms with Crippen LogP contribution < -0.4 is 14.4 Å². The van der Waals surface area contributed by atoms with Crippen LogP contribution in [-0.4, -0.2) is 65.7 Å². The Hall–Kier alpha value is -2.59. The normalized spacial score (nSPS) is 32.2. The van der Waals surface area contributed by atoms with Crippen molar-refractivity contribution in [3.8, 4) is 5.75 Å². The molecule has 2 bridgehead atoms. The van der Waals surface area contributed by atoms with Gasteiger partial charge in [0.05, 0.1) is 29.8 Å². The van der Waals surface area contributed by atoms with E-state index in [0.717, 1.165) is 55.9 Å². The Balaban J connectivity index is 1.42. The van der Waals surface area contributed by atoms with Crippen molar-refractivity contribution in [2.45, 2.75) is 81.7 Å². The van der Waals surface area contributed by atoms with Crippen molar-refractivity contribution in [1.29, 1.82) is 0 Å². The summed E-state index contributed by atoms with van der Waals surface area (Å²) in [7, 11) is -0.700. The fourth-order valence-electron chi connectivity index (χ4n) is 8.12. The zero-order valence-corrected chi connectivity index (χ0v) is 28.9. The molecular formula is C36H47ClN2O6S. The number of aryl methyl sites for hydroxylation is 1. The van der Waals surface area contributed by atoms with E-state index in [-0.39, 0.29) is 30.0 Å². The van der Waals surface area contributed by atoms with Gasteiger partial charge in [-0.25, -0.2) is 13.1 Å². The molecule has 1 N–H and O–H groups in total. The van der Waals surface area contributed by atoms with E-state index in [1.54, 1.807) is 20.3 Å². The number of carbonyl (C=O) groups is 1. The molecule has 1 spiro atoms. The second kappa shape index (κ2) is 13.5. The van der Waals surface area contributed by atoms with Gasteiger partial charge in [0, 0.05) is 43.3 Å². The minimum atomic E-state index is -4.03. The third-order valence-corrected chi connectivity index (χ3v) is 13.2. The van der Waals surface area contributed by atoms with Crippen molar-refractivity contribution in [3.63, 3.8) is 0 Å². The molecule has 4 aliphatic rings. The number of sulfonamides is 1. The van der Waals surface area contributed by atoms with Gasteiger partial charge in [-0.15, -0.1) is 0 Å². The Labute approximate surface area is 278 Å². The lowest BCUT2D eigenvalue weighted by molar-refractivity contribution is 0.0131. The van der Waals surface area contributed by atoms with Crippen molar-refractivity contribution in [1.82, 2.24) is 4.72 Å². The molecule has 46 heavy (non-hydrogen) atoms. The summed E-state index contributed by atoms with van der Waals surface area (Å²) in [5, 5.41) is -0.0738. The summed E-state index contributed by atoms with van der Waals surface area (Å²) < 4.78 is 48.1. The molecule has 1 saturated carbocycles. The van der Waals surface area contributed by atoms with Crippen molar-refractivity contribution in [2.75, 3.05) is 38.8 Å². The van der Waals surface area contributed by atoms with Crippen LogP contribution in [0, 0.1) is 17.8 Å². The molecule has 250 valence electrons. The van der Waals surface area contributed by atoms with E-state index in [4.69, 9.17) is 25.8 Å². The van der Waals surface area contributed by atoms with E-state index in [9.17, 15) is 13.2 Å². The Kier molecular flexibility index (Phi) is 9.77. The van der Waals surface area contributed by atoms with Gasteiger partial charge >= 0.3 is 0 Å². The summed E-state index contributed by atoms with van der Waals surface area (Å²) in [6.45, 7) is 5.80. The third kappa shape index (κ3) is 6.58. The molecule has 6 rings (SSSR count). The first-order valence-corrected chi connectivity index (χ1v) is 18.5. The van der Waals surface area contributed by atoms with Crippen LogP contribution in [0.25, 0.3) is 0 Å². The molecule has 2 aromatic carbocycles. The predicted octanol–water partition coefficient (Wildman–Crippen LogP) is 6.30. The number of nitrogens with one attached hydrogen (secondary N) is 1. The lowest BCUT2D eigenvalue weighted by Crippen LogP contribution is -2.49. The Morgan fingerprint density at radius 2 is 2.00 bits per heavy atom. The average Bonchev–Trinajstić information content (AvgIpc) is 3.17. The largest absolute Gasteiger partial charge is 0.490 e. The van der Waals surface area contributed by atoms with Gasteiger partial charge in [0.1, 0.15) is 5.75 Å². The number of ether oxygens (including phenoxy) is 3. The monoisotopic (exact) mass is 670 g/mol. The molecular weight excluding hydrogens is 624 g/mol. The van der Waals surface area contributed by atoms with Crippen LogP contribution in [0.15, 0.2) is 48.6 Å². The first kappa shape index (κ1) is 33.3. The van der Waals surface area contributed by atoms with Crippen molar-refractivity contribution in [2.24, 2.45) is 17.8 Å². The van der Waals surface area contributed by atoms with Gasteiger partial charge in [-0.05, 0) is 111 Å². The fraction of sp³-hybridized carbons (Fsp3) is 0.583. The van der Waals surface area contributed by atoms with E-state index < -0.39 is 21.2 Å². The van der Waals surface area contributed by atoms with E-state index in [1.807, 2.05) is 32.0 Å². The van der Waals surface area contributed by atoms with Crippen molar-refractivity contribution in [3.05, 3.63) is 70.3 Å². The molecule has 7 atom stereocenters. The Morgan fingerprint density at radius 3 is 2.74 bits per heavy atom. The van der Waals surface area contributed by atoms with Crippen LogP contribution in [0.4, 0.5) is 5.69 Å². The Morgan fingerprint density at radius 1 is 1.17 bits per heavy atom. The number of hydrogen-bond acceptors (Lipinski definition) is 7. The number of carbonyl (C=O) groups excluding carboxylic acids is 1. The highest BCUT2D eigenvalue weighted by atomic mass is 35.5. The molecule has 10 heteroatoms. The first-order chi connectivity index (χ1) is 22.0. The third-order valence-electron chi connectivity index (χ3n) is 11.0. The molecule has 1 amide bonds. The van der Waals surface area contributed by atoms with E-state index in [1.165, 1.54) is 11.1 Å². The number of allylic oxidation sites excluding steroid dienone is 1. The molecule has 1 fully saturated rings. The van der Waals surface area contributed by atoms with Gasteiger partial charge in [-0.1, -0.05) is 36.7 Å². The summed E-state index contributed by atoms with van der Waals surface area (Å²) in [6, 6.07) is 11.5. The highest BCUT2D eigenvalue weighted by Crippen LogP contribution is 2.47. The zero-order valence-electron chi connectivity index (χ0n) is 27.3. The molecule has 0 unspecified atom stereocenters. The summed E-state index contributed by atoms with van der Waals surface area (Å²) in [6.07, 6.45) is 9.80. The number of halogens is 1. The highest BCUT2D eigenvalue weighted by Gasteiger charge is 2.44. The molecule has 2 heterocycles. The minimum absolute atomic E-state index is 0.0629. The van der Waals surface area contributed by atoms with Crippen LogP contribution in [0.2, 0.25) is 5.02 Å². The summed E-state index contributed by atoms with van der Waals surface area (Å²) in [4.78, 5) is 16.1. The lowest BCUT2D eigenvalue weighted by atomic mass is 9.68. The molecule has 2 aromatic rings. The summed E-state index contributed by atoms with van der Waals surface area (Å²) in [5.74, 6) is 0.555. The summed E-state index contributed by atoms with van der Waals surface area (Å²) >= 11 is 6.43. The Bertz CT molecular complexity index is 1580. The van der Waals surface area contributed by atoms with E-state index in [0.29, 0.717) is 36.2 Å². The summed E-state index contributed by atoms with van der Waals surface area (Å²) in [5.41, 5.74) is 3.42. The van der Waals surface area contributed by atoms with Crippen LogP contribution >= 0.6 is 11.6 Å². The van der Waals surface area contributed by atoms with Crippen LogP contribution in [0.1, 0.15) is 73.9 Å². The van der Waals surface area contributed by atoms with Gasteiger partial charge in [-0.3, -0.25) is 4.79 Å². The number of nitrogens with zero attached hydrogens (tertiary/aromatic N) is 1. The molecule has 0 saturated heterocycles. The SMILES string of the molecule is CO[C@H](C)C[C@H]1[C@@H](C)C/C=C\[C@H](OC)[C@@H]2CC[C@H]2CN2C[C@@]3(CCCc4cc(Cl)ccc43)COc3ccc(cc32)C(=O)NS1(=O)=O. The second-order valence-corrected chi connectivity index (χ2v) is 16.3. The standard InChI is InChI=1S/C36H47ClN2O6S/c1-23-7-5-9-32(44-4)29-13-10-27(29)20-39-21-36(16-6-8-25-18-28(37)12-14-30(25)36)22-45-33-15-11-26(19-31(33)39)35(40)38-46(41,42)34(23)17-24(2)43-3/h5,9,11-12,14-15,18-19,23-24,27,29,32,34H,6-8,10,13,16-17,20-22H2,1-4H3,(H,38,40)/b9-5-/t23-,24+,27-,29+,32-,34-,36-/m0/s1. The van der Waals surface area contributed by atoms with Gasteiger partial charge in [0.25, 0.3) is 5.91 Å². The molecule has 8 nitrogen and oxygen atoms in total. The topological polar surface area (TPSA) is 94.2 Å². The number of rotatable bonds is 4. The fourth-order valence-corrected chi connectivity index (χ4v) is 10.1. The quantitative estimate of drug-likeness (QED) is 0.382. The van der Waals surface area contributed by atoms with Crippen LogP contribution in [0.3, 0.4) is 0 Å². The maximum Gasteiger partial charge on any atom is 0.264 e. The first-order valence-electron chi connectivity index (χ1n) is 16.6. The van der Waals surface area contributed by atoms with Gasteiger partial charge in [0.2, 0.25) is 10.0 Å². The van der Waals surface area contributed by atoms with Gasteiger partial charge in [-0.2, -0.15) is 0 Å². The van der Waals surface area contributed by atoms with E-state index >= 15 is 0 Å². The zero-order chi connectivity index (χ0) is 32.6. The maximum atomic E-state index is 13.8. The number of fused-ring (bicyclic) bond motifs is 4. The number of hydrogen-bond donors (Lipinski definition) is 1. The maximum absolute atomic E-state index is 13.8. The van der Waals surface area contributed by atoms with Crippen LogP contribution in [0.5, 0.6) is 5.75 Å². The number of benzene rings is 2. The molecule has 0 aromatic heterocycles. The average molecular weight is 671 g/mol. The van der Waals surface area contributed by atoms with E-state index in [2.05, 4.69) is 33.9 Å². The number of methoxy groups -OCH3 is 2. The molecule has 0 radical (unpaired) electrons. The number of anilines is 1. The van der Waals surface area contributed by atoms with Gasteiger partial charge in [0.15, 0.2) is 0 Å². The highest BCUT2D eigenvalue weighted by molar-refractivity contribution is 7.90. The molecule has 2 aliphatic carbocycles. The van der Waals surface area contributed by atoms with Gasteiger partial charge < -0.3 is 19.1 Å². The number of amides is 1. The second-order valence-electron chi connectivity index (χ2n) is 13.9. The minimum Gasteiger partial charge on any atom is -0.490 e. The lowest BCUT2D eigenvalue weighted by Gasteiger charge is -2.46. The van der Waals surface area contributed by atoms with Crippen molar-refractivity contribution >= 4 is 33.2 Å². The predicted molar refractivity (Wildman–Crippen MR) is 181 cm³/mol. The van der Waals surface area contributed by atoms with Crippen molar-refractivity contribution < 1.29 is 27.4 Å². The van der Waals surface area contributed by atoms with Crippen LogP contribution in [-0.2, 0) is 31.3 Å².